The molecule has 4 nitrogen and oxygen atoms in total. The fourth-order valence-corrected chi connectivity index (χ4v) is 4.83. The zero-order valence-electron chi connectivity index (χ0n) is 10.6. The highest BCUT2D eigenvalue weighted by atomic mass is 79.9. The Labute approximate surface area is 133 Å². The molecule has 0 saturated heterocycles. The van der Waals surface area contributed by atoms with Crippen LogP contribution in [-0.2, 0) is 17.8 Å². The van der Waals surface area contributed by atoms with Crippen molar-refractivity contribution in [3.8, 4) is 0 Å². The maximum atomic E-state index is 11.2. The number of thiazole rings is 1. The largest absolute Gasteiger partial charge is 0.481 e. The maximum absolute atomic E-state index is 11.2. The molecule has 1 atom stereocenters. The minimum Gasteiger partial charge on any atom is -0.481 e. The van der Waals surface area contributed by atoms with Crippen molar-refractivity contribution in [3.05, 3.63) is 31.4 Å². The average molecular weight is 373 g/mol. The third-order valence-electron chi connectivity index (χ3n) is 3.30. The summed E-state index contributed by atoms with van der Waals surface area (Å²) in [5.74, 6) is -1.19. The highest BCUT2D eigenvalue weighted by molar-refractivity contribution is 9.11. The number of hydrogen-bond donors (Lipinski definition) is 2. The normalized spacial score (nSPS) is 17.8. The van der Waals surface area contributed by atoms with Gasteiger partial charge in [0.05, 0.1) is 16.0 Å². The van der Waals surface area contributed by atoms with Gasteiger partial charge in [0.25, 0.3) is 0 Å². The van der Waals surface area contributed by atoms with E-state index in [2.05, 4.69) is 32.3 Å². The fraction of sp³-hybridized carbons (Fsp3) is 0.385. The zero-order chi connectivity index (χ0) is 14.1. The standard InChI is InChI=1S/C13H13BrN2O2S2/c14-10-5-4-7(19-10)6-15-13-16-11-8(12(17)18)2-1-3-9(11)20-13/h4-5,8H,1-3,6H2,(H,15,16)(H,17,18). The maximum Gasteiger partial charge on any atom is 0.312 e. The minimum absolute atomic E-state index is 0.429. The molecule has 0 amide bonds. The summed E-state index contributed by atoms with van der Waals surface area (Å²) < 4.78 is 1.11. The summed E-state index contributed by atoms with van der Waals surface area (Å²) >= 11 is 6.72. The van der Waals surface area contributed by atoms with Crippen molar-refractivity contribution in [2.75, 3.05) is 5.32 Å². The quantitative estimate of drug-likeness (QED) is 0.848. The second-order valence-electron chi connectivity index (χ2n) is 4.67. The summed E-state index contributed by atoms with van der Waals surface area (Å²) in [5.41, 5.74) is 0.767. The molecule has 0 saturated carbocycles. The molecule has 1 aliphatic carbocycles. The zero-order valence-corrected chi connectivity index (χ0v) is 13.8. The minimum atomic E-state index is -0.759. The van der Waals surface area contributed by atoms with E-state index >= 15 is 0 Å². The molecule has 1 unspecified atom stereocenters. The van der Waals surface area contributed by atoms with Crippen molar-refractivity contribution in [2.45, 2.75) is 31.7 Å². The highest BCUT2D eigenvalue weighted by Gasteiger charge is 2.29. The Bertz CT molecular complexity index is 638. The molecule has 20 heavy (non-hydrogen) atoms. The molecular weight excluding hydrogens is 360 g/mol. The van der Waals surface area contributed by atoms with Crippen LogP contribution in [0.4, 0.5) is 5.13 Å². The molecule has 0 fully saturated rings. The fourth-order valence-electron chi connectivity index (χ4n) is 2.34. The van der Waals surface area contributed by atoms with Crippen molar-refractivity contribution >= 4 is 49.7 Å². The van der Waals surface area contributed by atoms with Crippen LogP contribution in [0.5, 0.6) is 0 Å². The SMILES string of the molecule is O=C(O)C1CCCc2sc(NCc3ccc(Br)s3)nc21. The summed E-state index contributed by atoms with van der Waals surface area (Å²) in [6.45, 7) is 0.723. The molecule has 2 aromatic rings. The van der Waals surface area contributed by atoms with Gasteiger partial charge in [0.2, 0.25) is 0 Å². The van der Waals surface area contributed by atoms with Crippen molar-refractivity contribution < 1.29 is 9.90 Å². The van der Waals surface area contributed by atoms with Crippen LogP contribution in [0.2, 0.25) is 0 Å². The van der Waals surface area contributed by atoms with E-state index in [1.165, 1.54) is 4.88 Å². The number of halogens is 1. The molecule has 2 heterocycles. The van der Waals surface area contributed by atoms with Crippen molar-refractivity contribution in [1.82, 2.24) is 4.98 Å². The van der Waals surface area contributed by atoms with E-state index in [0.717, 1.165) is 38.9 Å². The molecule has 106 valence electrons. The van der Waals surface area contributed by atoms with Crippen LogP contribution >= 0.6 is 38.6 Å². The van der Waals surface area contributed by atoms with E-state index < -0.39 is 11.9 Å². The summed E-state index contributed by atoms with van der Waals surface area (Å²) in [6.07, 6.45) is 2.58. The number of aromatic nitrogens is 1. The number of carboxylic acid groups (broad SMARTS) is 1. The molecular formula is C13H13BrN2O2S2. The van der Waals surface area contributed by atoms with E-state index in [9.17, 15) is 9.90 Å². The smallest absolute Gasteiger partial charge is 0.312 e. The predicted molar refractivity (Wildman–Crippen MR) is 84.8 cm³/mol. The molecule has 0 bridgehead atoms. The number of aliphatic carboxylic acids is 1. The van der Waals surface area contributed by atoms with E-state index in [4.69, 9.17) is 0 Å². The molecule has 0 spiro atoms. The van der Waals surface area contributed by atoms with Crippen molar-refractivity contribution in [2.24, 2.45) is 0 Å². The molecule has 7 heteroatoms. The first-order valence-electron chi connectivity index (χ1n) is 6.34. The number of carbonyl (C=O) groups is 1. The first-order valence-corrected chi connectivity index (χ1v) is 8.76. The lowest BCUT2D eigenvalue weighted by atomic mass is 9.91. The average Bonchev–Trinajstić information content (AvgIpc) is 3.01. The topological polar surface area (TPSA) is 62.2 Å². The van der Waals surface area contributed by atoms with Crippen molar-refractivity contribution in [1.29, 1.82) is 0 Å². The first kappa shape index (κ1) is 14.0. The van der Waals surface area contributed by atoms with E-state index in [0.29, 0.717) is 6.42 Å². The monoisotopic (exact) mass is 372 g/mol. The lowest BCUT2D eigenvalue weighted by Crippen LogP contribution is -2.17. The van der Waals surface area contributed by atoms with Gasteiger partial charge in [0, 0.05) is 9.75 Å². The van der Waals surface area contributed by atoms with Crippen LogP contribution < -0.4 is 5.32 Å². The molecule has 0 aromatic carbocycles. The number of carboxylic acids is 1. The number of anilines is 1. The molecule has 1 aliphatic rings. The van der Waals surface area contributed by atoms with Gasteiger partial charge in [0.15, 0.2) is 5.13 Å². The van der Waals surface area contributed by atoms with Gasteiger partial charge in [-0.25, -0.2) is 4.98 Å². The lowest BCUT2D eigenvalue weighted by molar-refractivity contribution is -0.139. The molecule has 2 N–H and O–H groups in total. The predicted octanol–water partition coefficient (Wildman–Crippen LogP) is 4.08. The summed E-state index contributed by atoms with van der Waals surface area (Å²) in [6, 6.07) is 4.09. The molecule has 3 rings (SSSR count). The number of nitrogens with zero attached hydrogens (tertiary/aromatic N) is 1. The van der Waals surface area contributed by atoms with Crippen LogP contribution in [0, 0.1) is 0 Å². The Morgan fingerprint density at radius 2 is 2.35 bits per heavy atom. The van der Waals surface area contributed by atoms with Gasteiger partial charge in [-0.1, -0.05) is 0 Å². The van der Waals surface area contributed by atoms with Gasteiger partial charge in [-0.2, -0.15) is 0 Å². The Balaban J connectivity index is 1.74. The van der Waals surface area contributed by atoms with Crippen LogP contribution in [0.15, 0.2) is 15.9 Å². The third kappa shape index (κ3) is 2.89. The Hall–Kier alpha value is -0.920. The molecule has 2 aromatic heterocycles. The number of fused-ring (bicyclic) bond motifs is 1. The van der Waals surface area contributed by atoms with Crippen LogP contribution in [0.25, 0.3) is 0 Å². The summed E-state index contributed by atoms with van der Waals surface area (Å²) in [4.78, 5) is 18.1. The van der Waals surface area contributed by atoms with Gasteiger partial charge in [0.1, 0.15) is 5.92 Å². The summed E-state index contributed by atoms with van der Waals surface area (Å²) in [5, 5.41) is 13.4. The van der Waals surface area contributed by atoms with Gasteiger partial charge in [-0.05, 0) is 47.3 Å². The number of aryl methyl sites for hydroxylation is 1. The van der Waals surface area contributed by atoms with Crippen LogP contribution in [0.1, 0.15) is 34.2 Å². The number of nitrogens with one attached hydrogen (secondary N) is 1. The molecule has 0 radical (unpaired) electrons. The number of thiophene rings is 1. The third-order valence-corrected chi connectivity index (χ3v) is 6.01. The van der Waals surface area contributed by atoms with Gasteiger partial charge in [-0.15, -0.1) is 22.7 Å². The highest BCUT2D eigenvalue weighted by Crippen LogP contribution is 2.37. The van der Waals surface area contributed by atoms with E-state index in [-0.39, 0.29) is 0 Å². The second kappa shape index (κ2) is 5.83. The summed E-state index contributed by atoms with van der Waals surface area (Å²) in [7, 11) is 0. The lowest BCUT2D eigenvalue weighted by Gasteiger charge is -2.16. The first-order chi connectivity index (χ1) is 9.63. The Kier molecular flexibility index (Phi) is 4.09. The number of hydrogen-bond acceptors (Lipinski definition) is 5. The van der Waals surface area contributed by atoms with Crippen LogP contribution in [0.3, 0.4) is 0 Å². The van der Waals surface area contributed by atoms with Gasteiger partial charge >= 0.3 is 5.97 Å². The van der Waals surface area contributed by atoms with Crippen LogP contribution in [-0.4, -0.2) is 16.1 Å². The van der Waals surface area contributed by atoms with E-state index in [1.807, 2.05) is 6.07 Å². The van der Waals surface area contributed by atoms with Crippen molar-refractivity contribution in [3.63, 3.8) is 0 Å². The number of rotatable bonds is 4. The second-order valence-corrected chi connectivity index (χ2v) is 8.30. The van der Waals surface area contributed by atoms with Gasteiger partial charge < -0.3 is 10.4 Å². The molecule has 0 aliphatic heterocycles. The Morgan fingerprint density at radius 1 is 1.50 bits per heavy atom. The Morgan fingerprint density at radius 3 is 3.05 bits per heavy atom. The van der Waals surface area contributed by atoms with Gasteiger partial charge in [-0.3, -0.25) is 4.79 Å². The van der Waals surface area contributed by atoms with E-state index in [1.54, 1.807) is 22.7 Å².